The minimum atomic E-state index is -0.500. The molecule has 0 atom stereocenters. The smallest absolute Gasteiger partial charge is 0.373 e. The minimum absolute atomic E-state index is 0.160. The van der Waals surface area contributed by atoms with Crippen LogP contribution in [0.2, 0.25) is 0 Å². The van der Waals surface area contributed by atoms with Crippen molar-refractivity contribution in [1.29, 1.82) is 0 Å². The van der Waals surface area contributed by atoms with Gasteiger partial charge in [-0.15, -0.1) is 0 Å². The van der Waals surface area contributed by atoms with Crippen LogP contribution in [0, 0.1) is 3.57 Å². The van der Waals surface area contributed by atoms with Crippen LogP contribution in [-0.2, 0) is 14.3 Å². The lowest BCUT2D eigenvalue weighted by Gasteiger charge is -2.09. The van der Waals surface area contributed by atoms with Gasteiger partial charge >= 0.3 is 5.97 Å². The van der Waals surface area contributed by atoms with Gasteiger partial charge in [0.2, 0.25) is 5.76 Å². The molecule has 0 radical (unpaired) electrons. The van der Waals surface area contributed by atoms with Gasteiger partial charge in [-0.2, -0.15) is 0 Å². The first-order valence-corrected chi connectivity index (χ1v) is 7.46. The zero-order valence-corrected chi connectivity index (χ0v) is 14.1. The number of ether oxygens (including phenoxy) is 3. The van der Waals surface area contributed by atoms with Crippen molar-refractivity contribution >= 4 is 34.6 Å². The molecule has 0 amide bonds. The maximum atomic E-state index is 11.5. The highest BCUT2D eigenvalue weighted by atomic mass is 127. The van der Waals surface area contributed by atoms with Crippen LogP contribution in [0.4, 0.5) is 0 Å². The Morgan fingerprint density at radius 1 is 1.30 bits per heavy atom. The zero-order valence-electron chi connectivity index (χ0n) is 11.9. The predicted octanol–water partition coefficient (Wildman–Crippen LogP) is 3.63. The molecule has 0 aliphatic carbocycles. The van der Waals surface area contributed by atoms with Crippen molar-refractivity contribution in [3.63, 3.8) is 0 Å². The number of rotatable bonds is 7. The van der Waals surface area contributed by atoms with E-state index in [1.807, 2.05) is 18.2 Å². The van der Waals surface area contributed by atoms with E-state index in [-0.39, 0.29) is 5.76 Å². The van der Waals surface area contributed by atoms with E-state index < -0.39 is 5.97 Å². The van der Waals surface area contributed by atoms with Crippen LogP contribution in [0.3, 0.4) is 0 Å². The summed E-state index contributed by atoms with van der Waals surface area (Å²) in [6.45, 7) is 2.81. The number of methoxy groups -OCH3 is 2. The Morgan fingerprint density at radius 3 is 2.65 bits per heavy atom. The van der Waals surface area contributed by atoms with E-state index in [1.54, 1.807) is 6.08 Å². The maximum absolute atomic E-state index is 11.5. The molecule has 0 heterocycles. The van der Waals surface area contributed by atoms with Gasteiger partial charge in [-0.1, -0.05) is 19.4 Å². The van der Waals surface area contributed by atoms with Gasteiger partial charge in [0.15, 0.2) is 0 Å². The predicted molar refractivity (Wildman–Crippen MR) is 86.6 cm³/mol. The van der Waals surface area contributed by atoms with Gasteiger partial charge in [0, 0.05) is 0 Å². The molecule has 1 aromatic carbocycles. The molecule has 110 valence electrons. The van der Waals surface area contributed by atoms with Gasteiger partial charge in [0.05, 0.1) is 24.4 Å². The van der Waals surface area contributed by atoms with Gasteiger partial charge in [-0.3, -0.25) is 0 Å². The lowest BCUT2D eigenvalue weighted by atomic mass is 10.2. The molecular weight excluding hydrogens is 371 g/mol. The molecule has 0 saturated heterocycles. The van der Waals surface area contributed by atoms with Crippen molar-refractivity contribution in [2.45, 2.75) is 19.8 Å². The highest BCUT2D eigenvalue weighted by Gasteiger charge is 2.10. The topological polar surface area (TPSA) is 44.8 Å². The molecule has 4 nitrogen and oxygen atoms in total. The number of benzene rings is 1. The molecule has 20 heavy (non-hydrogen) atoms. The molecule has 1 aromatic rings. The van der Waals surface area contributed by atoms with Crippen molar-refractivity contribution in [3.05, 3.63) is 33.1 Å². The van der Waals surface area contributed by atoms with E-state index in [0.717, 1.165) is 27.7 Å². The molecule has 0 saturated carbocycles. The summed E-state index contributed by atoms with van der Waals surface area (Å²) in [4.78, 5) is 11.5. The summed E-state index contributed by atoms with van der Waals surface area (Å²) in [5.41, 5.74) is 0.833. The second-order valence-electron chi connectivity index (χ2n) is 4.10. The van der Waals surface area contributed by atoms with Gasteiger partial charge in [0.25, 0.3) is 0 Å². The SMILES string of the molecule is CCCCOc1cc(C=C(OC)C(=O)OC)ccc1I. The van der Waals surface area contributed by atoms with Crippen molar-refractivity contribution < 1.29 is 19.0 Å². The Kier molecular flexibility index (Phi) is 7.43. The summed E-state index contributed by atoms with van der Waals surface area (Å²) in [7, 11) is 2.76. The van der Waals surface area contributed by atoms with Crippen LogP contribution in [0.25, 0.3) is 6.08 Å². The molecule has 0 aliphatic rings. The van der Waals surface area contributed by atoms with Crippen LogP contribution < -0.4 is 4.74 Å². The molecule has 5 heteroatoms. The molecule has 0 bridgehead atoms. The van der Waals surface area contributed by atoms with E-state index in [4.69, 9.17) is 9.47 Å². The van der Waals surface area contributed by atoms with Crippen LogP contribution in [-0.4, -0.2) is 26.8 Å². The van der Waals surface area contributed by atoms with Crippen molar-refractivity contribution in [3.8, 4) is 5.75 Å². The van der Waals surface area contributed by atoms with Gasteiger partial charge in [-0.25, -0.2) is 4.79 Å². The molecule has 0 fully saturated rings. The molecule has 0 aliphatic heterocycles. The third-order valence-corrected chi connectivity index (χ3v) is 3.51. The Bertz CT molecular complexity index is 483. The average molecular weight is 390 g/mol. The fourth-order valence-corrected chi connectivity index (χ4v) is 1.99. The standard InChI is InChI=1S/C15H19IO4/c1-4-5-8-20-13-9-11(6-7-12(13)16)10-14(18-2)15(17)19-3/h6-7,9-10H,4-5,8H2,1-3H3. The average Bonchev–Trinajstić information content (AvgIpc) is 2.47. The molecule has 0 N–H and O–H groups in total. The molecule has 0 aromatic heterocycles. The second kappa shape index (κ2) is 8.84. The van der Waals surface area contributed by atoms with Crippen LogP contribution in [0.5, 0.6) is 5.75 Å². The van der Waals surface area contributed by atoms with E-state index in [0.29, 0.717) is 6.61 Å². The maximum Gasteiger partial charge on any atom is 0.373 e. The first-order valence-electron chi connectivity index (χ1n) is 6.38. The minimum Gasteiger partial charge on any atom is -0.492 e. The Balaban J connectivity index is 2.93. The highest BCUT2D eigenvalue weighted by molar-refractivity contribution is 14.1. The second-order valence-corrected chi connectivity index (χ2v) is 5.26. The van der Waals surface area contributed by atoms with Crippen molar-refractivity contribution in [1.82, 2.24) is 0 Å². The summed E-state index contributed by atoms with van der Waals surface area (Å²) in [6.07, 6.45) is 3.74. The van der Waals surface area contributed by atoms with Crippen molar-refractivity contribution in [2.75, 3.05) is 20.8 Å². The number of hydrogen-bond acceptors (Lipinski definition) is 4. The monoisotopic (exact) mass is 390 g/mol. The van der Waals surface area contributed by atoms with Crippen molar-refractivity contribution in [2.24, 2.45) is 0 Å². The fraction of sp³-hybridized carbons (Fsp3) is 0.400. The van der Waals surface area contributed by atoms with Gasteiger partial charge in [0.1, 0.15) is 5.75 Å². The third-order valence-electron chi connectivity index (χ3n) is 2.61. The van der Waals surface area contributed by atoms with Crippen LogP contribution >= 0.6 is 22.6 Å². The number of carbonyl (C=O) groups excluding carboxylic acids is 1. The number of unbranched alkanes of at least 4 members (excludes halogenated alkanes) is 1. The van der Waals surface area contributed by atoms with Crippen LogP contribution in [0.15, 0.2) is 24.0 Å². The third kappa shape index (κ3) is 5.03. The quantitative estimate of drug-likeness (QED) is 0.235. The fourth-order valence-electron chi connectivity index (χ4n) is 1.50. The van der Waals surface area contributed by atoms with Crippen LogP contribution in [0.1, 0.15) is 25.3 Å². The first-order chi connectivity index (χ1) is 9.62. The van der Waals surface area contributed by atoms with Gasteiger partial charge in [-0.05, 0) is 52.8 Å². The Hall–Kier alpha value is -1.24. The van der Waals surface area contributed by atoms with E-state index >= 15 is 0 Å². The summed E-state index contributed by atoms with van der Waals surface area (Å²) in [5, 5.41) is 0. The lowest BCUT2D eigenvalue weighted by molar-refractivity contribution is -0.139. The number of esters is 1. The Labute approximate surface area is 133 Å². The number of hydrogen-bond donors (Lipinski definition) is 0. The first kappa shape index (κ1) is 16.8. The normalized spacial score (nSPS) is 11.1. The lowest BCUT2D eigenvalue weighted by Crippen LogP contribution is -2.06. The molecule has 0 unspecified atom stereocenters. The molecule has 0 spiro atoms. The largest absolute Gasteiger partial charge is 0.492 e. The van der Waals surface area contributed by atoms with E-state index in [2.05, 4.69) is 34.3 Å². The summed E-state index contributed by atoms with van der Waals surface area (Å²) < 4.78 is 16.4. The molecule has 1 rings (SSSR count). The zero-order chi connectivity index (χ0) is 15.0. The van der Waals surface area contributed by atoms with Gasteiger partial charge < -0.3 is 14.2 Å². The number of carbonyl (C=O) groups is 1. The summed E-state index contributed by atoms with van der Waals surface area (Å²) in [6, 6.07) is 5.73. The summed E-state index contributed by atoms with van der Waals surface area (Å²) >= 11 is 2.22. The number of halogens is 1. The Morgan fingerprint density at radius 2 is 2.05 bits per heavy atom. The van der Waals surface area contributed by atoms with E-state index in [1.165, 1.54) is 14.2 Å². The highest BCUT2D eigenvalue weighted by Crippen LogP contribution is 2.24. The molecular formula is C15H19IO4. The summed E-state index contributed by atoms with van der Waals surface area (Å²) in [5.74, 6) is 0.473. The van der Waals surface area contributed by atoms with E-state index in [9.17, 15) is 4.79 Å².